The Bertz CT molecular complexity index is 484. The maximum Gasteiger partial charge on any atom is 0.0000706 e. The predicted molar refractivity (Wildman–Crippen MR) is 85.5 cm³/mol. The Morgan fingerprint density at radius 2 is 1.65 bits per heavy atom. The molecule has 2 bridgehead atoms. The number of hydrogen-bond donors (Lipinski definition) is 0. The molecular formula is C20H32. The van der Waals surface area contributed by atoms with Gasteiger partial charge in [0.25, 0.3) is 0 Å². The highest BCUT2D eigenvalue weighted by atomic mass is 14.8. The summed E-state index contributed by atoms with van der Waals surface area (Å²) in [7, 11) is 0. The summed E-state index contributed by atoms with van der Waals surface area (Å²) in [5.74, 6) is 1.85. The van der Waals surface area contributed by atoms with Crippen molar-refractivity contribution >= 4 is 0 Å². The lowest BCUT2D eigenvalue weighted by atomic mass is 9.38. The molecule has 0 heteroatoms. The summed E-state index contributed by atoms with van der Waals surface area (Å²) in [6.45, 7) is 12.9. The van der Waals surface area contributed by atoms with Crippen LogP contribution in [0.4, 0.5) is 0 Å². The predicted octanol–water partition coefficient (Wildman–Crippen LogP) is 5.98. The highest BCUT2D eigenvalue weighted by Gasteiger charge is 2.71. The first kappa shape index (κ1) is 13.4. The SMILES string of the molecule is CC1=C[C@]23CC[C@H]1[C@]2(C)CC[C@H]1C(C)(C)CCC[C@@]13C. The molecule has 4 aliphatic rings. The van der Waals surface area contributed by atoms with Gasteiger partial charge in [-0.1, -0.05) is 45.8 Å². The van der Waals surface area contributed by atoms with Crippen LogP contribution in [0.2, 0.25) is 0 Å². The fourth-order valence-corrected chi connectivity index (χ4v) is 8.05. The zero-order valence-corrected chi connectivity index (χ0v) is 14.2. The quantitative estimate of drug-likeness (QED) is 0.476. The van der Waals surface area contributed by atoms with Crippen molar-refractivity contribution < 1.29 is 0 Å². The summed E-state index contributed by atoms with van der Waals surface area (Å²) in [4.78, 5) is 0. The third-order valence-electron chi connectivity index (χ3n) is 8.84. The van der Waals surface area contributed by atoms with E-state index in [1.807, 2.05) is 0 Å². The minimum absolute atomic E-state index is 0.537. The first-order chi connectivity index (χ1) is 9.27. The average molecular weight is 272 g/mol. The minimum atomic E-state index is 0.537. The van der Waals surface area contributed by atoms with Crippen LogP contribution in [-0.4, -0.2) is 0 Å². The Hall–Kier alpha value is -0.260. The Balaban J connectivity index is 1.89. The summed E-state index contributed by atoms with van der Waals surface area (Å²) >= 11 is 0. The fourth-order valence-electron chi connectivity index (χ4n) is 8.05. The second kappa shape index (κ2) is 3.55. The lowest BCUT2D eigenvalue weighted by molar-refractivity contribution is -0.157. The van der Waals surface area contributed by atoms with E-state index in [1.165, 1.54) is 44.9 Å². The van der Waals surface area contributed by atoms with E-state index in [4.69, 9.17) is 0 Å². The third kappa shape index (κ3) is 1.19. The van der Waals surface area contributed by atoms with Crippen LogP contribution in [0, 0.1) is 33.5 Å². The van der Waals surface area contributed by atoms with E-state index in [0.717, 1.165) is 11.8 Å². The van der Waals surface area contributed by atoms with Gasteiger partial charge in [0, 0.05) is 5.41 Å². The third-order valence-corrected chi connectivity index (χ3v) is 8.84. The largest absolute Gasteiger partial charge is 0.0780 e. The summed E-state index contributed by atoms with van der Waals surface area (Å²) < 4.78 is 0. The van der Waals surface area contributed by atoms with Crippen molar-refractivity contribution in [3.05, 3.63) is 11.6 Å². The van der Waals surface area contributed by atoms with Gasteiger partial charge in [-0.25, -0.2) is 0 Å². The van der Waals surface area contributed by atoms with Crippen LogP contribution in [-0.2, 0) is 0 Å². The zero-order chi connectivity index (χ0) is 14.4. The van der Waals surface area contributed by atoms with Gasteiger partial charge in [0.05, 0.1) is 0 Å². The molecule has 0 unspecified atom stereocenters. The van der Waals surface area contributed by atoms with Gasteiger partial charge in [-0.05, 0) is 73.5 Å². The summed E-state index contributed by atoms with van der Waals surface area (Å²) in [5, 5.41) is 0. The molecule has 112 valence electrons. The van der Waals surface area contributed by atoms with E-state index in [-0.39, 0.29) is 0 Å². The van der Waals surface area contributed by atoms with E-state index in [9.17, 15) is 0 Å². The van der Waals surface area contributed by atoms with Crippen LogP contribution in [0.25, 0.3) is 0 Å². The van der Waals surface area contributed by atoms with Crippen LogP contribution < -0.4 is 0 Å². The molecule has 0 aromatic heterocycles. The van der Waals surface area contributed by atoms with Crippen LogP contribution >= 0.6 is 0 Å². The van der Waals surface area contributed by atoms with E-state index in [0.29, 0.717) is 21.7 Å². The molecule has 0 aromatic rings. The van der Waals surface area contributed by atoms with Gasteiger partial charge in [0.1, 0.15) is 0 Å². The van der Waals surface area contributed by atoms with Crippen molar-refractivity contribution in [2.24, 2.45) is 33.5 Å². The molecular weight excluding hydrogens is 240 g/mol. The molecule has 20 heavy (non-hydrogen) atoms. The lowest BCUT2D eigenvalue weighted by Crippen LogP contribution is -2.59. The monoisotopic (exact) mass is 272 g/mol. The molecule has 0 nitrogen and oxygen atoms in total. The van der Waals surface area contributed by atoms with Gasteiger partial charge in [0.15, 0.2) is 0 Å². The molecule has 0 aromatic carbocycles. The lowest BCUT2D eigenvalue weighted by Gasteiger charge is -2.66. The molecule has 0 amide bonds. The van der Waals surface area contributed by atoms with E-state index >= 15 is 0 Å². The molecule has 3 saturated carbocycles. The molecule has 4 aliphatic carbocycles. The summed E-state index contributed by atoms with van der Waals surface area (Å²) in [5.41, 5.74) is 3.99. The van der Waals surface area contributed by atoms with Crippen LogP contribution in [0.15, 0.2) is 11.6 Å². The van der Waals surface area contributed by atoms with E-state index in [2.05, 4.69) is 40.7 Å². The van der Waals surface area contributed by atoms with Crippen molar-refractivity contribution in [3.8, 4) is 0 Å². The van der Waals surface area contributed by atoms with Crippen LogP contribution in [0.3, 0.4) is 0 Å². The summed E-state index contributed by atoms with van der Waals surface area (Å²) in [6.07, 6.45) is 13.1. The van der Waals surface area contributed by atoms with E-state index in [1.54, 1.807) is 5.57 Å². The average Bonchev–Trinajstić information content (AvgIpc) is 2.75. The van der Waals surface area contributed by atoms with Crippen molar-refractivity contribution in [1.29, 1.82) is 0 Å². The topological polar surface area (TPSA) is 0 Å². The second-order valence-electron chi connectivity index (χ2n) is 9.72. The molecule has 3 fully saturated rings. The van der Waals surface area contributed by atoms with Gasteiger partial charge in [-0.2, -0.15) is 0 Å². The van der Waals surface area contributed by atoms with Crippen molar-refractivity contribution in [2.45, 2.75) is 79.6 Å². The Morgan fingerprint density at radius 1 is 0.900 bits per heavy atom. The molecule has 0 heterocycles. The molecule has 0 radical (unpaired) electrons. The minimum Gasteiger partial charge on any atom is -0.0780 e. The normalized spacial score (nSPS) is 56.1. The summed E-state index contributed by atoms with van der Waals surface area (Å²) in [6, 6.07) is 0. The van der Waals surface area contributed by atoms with Gasteiger partial charge in [-0.3, -0.25) is 0 Å². The first-order valence-electron chi connectivity index (χ1n) is 8.96. The fraction of sp³-hybridized carbons (Fsp3) is 0.900. The Kier molecular flexibility index (Phi) is 2.38. The highest BCUT2D eigenvalue weighted by molar-refractivity contribution is 5.36. The Morgan fingerprint density at radius 3 is 2.35 bits per heavy atom. The number of rotatable bonds is 0. The molecule has 4 rings (SSSR count). The maximum atomic E-state index is 2.79. The van der Waals surface area contributed by atoms with Crippen LogP contribution in [0.1, 0.15) is 79.6 Å². The second-order valence-corrected chi connectivity index (χ2v) is 9.72. The van der Waals surface area contributed by atoms with Gasteiger partial charge >= 0.3 is 0 Å². The number of hydrogen-bond acceptors (Lipinski definition) is 0. The molecule has 0 aliphatic heterocycles. The highest BCUT2D eigenvalue weighted by Crippen LogP contribution is 2.79. The van der Waals surface area contributed by atoms with Crippen LogP contribution in [0.5, 0.6) is 0 Å². The van der Waals surface area contributed by atoms with Gasteiger partial charge in [-0.15, -0.1) is 0 Å². The molecule has 5 atom stereocenters. The zero-order valence-electron chi connectivity index (χ0n) is 14.2. The van der Waals surface area contributed by atoms with Gasteiger partial charge < -0.3 is 0 Å². The molecule has 0 N–H and O–H groups in total. The maximum absolute atomic E-state index is 2.79. The smallest absolute Gasteiger partial charge is 0.0000706 e. The number of allylic oxidation sites excluding steroid dienone is 2. The van der Waals surface area contributed by atoms with Crippen molar-refractivity contribution in [2.75, 3.05) is 0 Å². The molecule has 0 spiro atoms. The number of fused-ring (bicyclic) bond motifs is 1. The van der Waals surface area contributed by atoms with Gasteiger partial charge in [0.2, 0.25) is 0 Å². The van der Waals surface area contributed by atoms with Crippen molar-refractivity contribution in [3.63, 3.8) is 0 Å². The van der Waals surface area contributed by atoms with E-state index < -0.39 is 0 Å². The molecule has 0 saturated heterocycles. The Labute approximate surface area is 125 Å². The first-order valence-corrected chi connectivity index (χ1v) is 8.96. The standard InChI is InChI=1S/C20H32/c1-14-13-20-12-7-15(14)18(20,4)11-8-16-17(2,3)9-6-10-19(16,20)5/h13,15-16H,6-12H2,1-5H3/t15-,16+,18+,19+,20-/m1/s1. The van der Waals surface area contributed by atoms with Crippen molar-refractivity contribution in [1.82, 2.24) is 0 Å².